The Balaban J connectivity index is 2.99. The van der Waals surface area contributed by atoms with Crippen LogP contribution in [0.2, 0.25) is 0 Å². The van der Waals surface area contributed by atoms with Crippen molar-refractivity contribution < 1.29 is 0 Å². The van der Waals surface area contributed by atoms with Crippen molar-refractivity contribution in [3.63, 3.8) is 0 Å². The van der Waals surface area contributed by atoms with Gasteiger partial charge < -0.3 is 5.73 Å². The Kier molecular flexibility index (Phi) is 6.10. The zero-order chi connectivity index (χ0) is 5.70. The van der Waals surface area contributed by atoms with Crippen LogP contribution in [0.5, 0.6) is 0 Å². The summed E-state index contributed by atoms with van der Waals surface area (Å²) in [6, 6.07) is 0. The Morgan fingerprint density at radius 2 is 2.43 bits per heavy atom. The summed E-state index contributed by atoms with van der Waals surface area (Å²) >= 11 is 2.40. The van der Waals surface area contributed by atoms with Crippen LogP contribution in [0.25, 0.3) is 0 Å². The Labute approximate surface area is 59.7 Å². The normalized spacial score (nSPS) is 15.9. The van der Waals surface area contributed by atoms with E-state index in [9.17, 15) is 0 Å². The predicted octanol–water partition coefficient (Wildman–Crippen LogP) is 1.75. The van der Waals surface area contributed by atoms with Gasteiger partial charge in [-0.3, -0.25) is 0 Å². The molecule has 0 aliphatic carbocycles. The molecular weight excluding hydrogens is 220 g/mol. The fraction of sp³-hybridized carbons (Fsp3) is 1.00. The summed E-state index contributed by atoms with van der Waals surface area (Å²) in [6.07, 6.45) is 2.23. The molecule has 0 amide bonds. The zero-order valence-corrected chi connectivity index (χ0v) is 7.60. The van der Waals surface area contributed by atoms with Gasteiger partial charge in [0.1, 0.15) is 0 Å². The minimum atomic E-state index is 0.778. The van der Waals surface area contributed by atoms with Gasteiger partial charge in [0.15, 0.2) is 0 Å². The summed E-state index contributed by atoms with van der Waals surface area (Å²) < 4.78 is 0. The van der Waals surface area contributed by atoms with Crippen molar-refractivity contribution in [3.8, 4) is 0 Å². The van der Waals surface area contributed by atoms with E-state index in [0.29, 0.717) is 0 Å². The quantitative estimate of drug-likeness (QED) is 0.581. The van der Waals surface area contributed by atoms with Gasteiger partial charge in [-0.25, -0.2) is 0 Å². The van der Waals surface area contributed by atoms with Crippen molar-refractivity contribution in [1.82, 2.24) is 0 Å². The summed E-state index contributed by atoms with van der Waals surface area (Å²) in [5.74, 6) is 0. The summed E-state index contributed by atoms with van der Waals surface area (Å²) in [5.41, 5.74) is 6.17. The SMILES string of the molecule is CCC(CN)PI. The number of nitrogens with two attached hydrogens (primary N) is 1. The van der Waals surface area contributed by atoms with Gasteiger partial charge in [0.25, 0.3) is 0 Å². The van der Waals surface area contributed by atoms with Crippen molar-refractivity contribution in [2.45, 2.75) is 19.0 Å². The van der Waals surface area contributed by atoms with Crippen LogP contribution >= 0.6 is 28.3 Å². The smallest absolute Gasteiger partial charge is 0.000484 e. The van der Waals surface area contributed by atoms with Crippen molar-refractivity contribution in [2.75, 3.05) is 6.54 Å². The first-order valence-electron chi connectivity index (χ1n) is 2.41. The molecule has 44 valence electrons. The third-order valence-corrected chi connectivity index (χ3v) is 4.53. The molecule has 1 nitrogen and oxygen atoms in total. The second-order valence-electron chi connectivity index (χ2n) is 1.45. The summed E-state index contributed by atoms with van der Waals surface area (Å²) in [7, 11) is 0. The van der Waals surface area contributed by atoms with Crippen LogP contribution in [0, 0.1) is 0 Å². The zero-order valence-electron chi connectivity index (χ0n) is 4.45. The van der Waals surface area contributed by atoms with Gasteiger partial charge in [0.2, 0.25) is 0 Å². The van der Waals surface area contributed by atoms with E-state index in [-0.39, 0.29) is 0 Å². The van der Waals surface area contributed by atoms with E-state index in [4.69, 9.17) is 5.73 Å². The second kappa shape index (κ2) is 5.26. The maximum Gasteiger partial charge on any atom is -0.000484 e. The van der Waals surface area contributed by atoms with Crippen LogP contribution in [0.1, 0.15) is 13.3 Å². The second-order valence-corrected chi connectivity index (χ2v) is 4.35. The predicted molar refractivity (Wildman–Crippen MR) is 45.5 cm³/mol. The molecule has 0 bridgehead atoms. The van der Waals surface area contributed by atoms with Gasteiger partial charge in [-0.1, -0.05) is 35.2 Å². The fourth-order valence-corrected chi connectivity index (χ4v) is 2.62. The highest BCUT2D eigenvalue weighted by molar-refractivity contribution is 14.2. The Hall–Kier alpha value is 1.12. The Morgan fingerprint density at radius 3 is 2.43 bits per heavy atom. The van der Waals surface area contributed by atoms with Crippen LogP contribution in [0.15, 0.2) is 0 Å². The van der Waals surface area contributed by atoms with Crippen molar-refractivity contribution >= 4 is 28.3 Å². The molecule has 0 aliphatic rings. The number of hydrogen-bond donors (Lipinski definition) is 1. The first-order chi connectivity index (χ1) is 3.35. The average Bonchev–Trinajstić information content (AvgIpc) is 1.72. The highest BCUT2D eigenvalue weighted by atomic mass is 127. The molecular formula is C4H11INP. The van der Waals surface area contributed by atoms with Crippen molar-refractivity contribution in [2.24, 2.45) is 5.73 Å². The molecule has 0 aromatic heterocycles. The van der Waals surface area contributed by atoms with E-state index in [1.807, 2.05) is 0 Å². The third-order valence-electron chi connectivity index (χ3n) is 0.932. The van der Waals surface area contributed by atoms with Crippen LogP contribution in [0.3, 0.4) is 0 Å². The lowest BCUT2D eigenvalue weighted by atomic mass is 10.3. The minimum Gasteiger partial charge on any atom is -0.330 e. The molecule has 0 saturated heterocycles. The van der Waals surface area contributed by atoms with Gasteiger partial charge in [0, 0.05) is 0 Å². The van der Waals surface area contributed by atoms with Crippen molar-refractivity contribution in [1.29, 1.82) is 0 Å². The molecule has 0 rings (SSSR count). The molecule has 2 N–H and O–H groups in total. The lowest BCUT2D eigenvalue weighted by Crippen LogP contribution is -2.12. The molecule has 0 fully saturated rings. The largest absolute Gasteiger partial charge is 0.330 e. The van der Waals surface area contributed by atoms with Crippen LogP contribution in [-0.4, -0.2) is 12.2 Å². The van der Waals surface area contributed by atoms with Gasteiger partial charge in [-0.05, 0) is 18.6 Å². The molecule has 0 radical (unpaired) electrons. The molecule has 0 aromatic rings. The van der Waals surface area contributed by atoms with Crippen LogP contribution in [-0.2, 0) is 0 Å². The van der Waals surface area contributed by atoms with Crippen molar-refractivity contribution in [3.05, 3.63) is 0 Å². The van der Waals surface area contributed by atoms with Gasteiger partial charge in [-0.15, -0.1) is 0 Å². The van der Waals surface area contributed by atoms with E-state index in [2.05, 4.69) is 29.0 Å². The topological polar surface area (TPSA) is 26.0 Å². The lowest BCUT2D eigenvalue weighted by Gasteiger charge is -2.04. The molecule has 0 spiro atoms. The minimum absolute atomic E-state index is 0.778. The number of halogens is 1. The standard InChI is InChI=1S/C4H11INP/c1-2-4(3-6)7-5/h4,7H,2-3,6H2,1H3. The Bertz CT molecular complexity index is 33.2. The van der Waals surface area contributed by atoms with E-state index in [1.54, 1.807) is 0 Å². The highest BCUT2D eigenvalue weighted by Gasteiger charge is 1.97. The monoisotopic (exact) mass is 231 g/mol. The summed E-state index contributed by atoms with van der Waals surface area (Å²) in [4.78, 5) is 0. The van der Waals surface area contributed by atoms with Crippen LogP contribution < -0.4 is 5.73 Å². The van der Waals surface area contributed by atoms with Gasteiger partial charge in [0.05, 0.1) is 0 Å². The first-order valence-corrected chi connectivity index (χ1v) is 6.60. The summed E-state index contributed by atoms with van der Waals surface area (Å²) in [5, 5.41) is 0. The van der Waals surface area contributed by atoms with E-state index < -0.39 is 0 Å². The molecule has 2 atom stereocenters. The van der Waals surface area contributed by atoms with Gasteiger partial charge >= 0.3 is 0 Å². The molecule has 0 aromatic carbocycles. The first kappa shape index (κ1) is 8.12. The molecule has 0 heterocycles. The molecule has 0 saturated carbocycles. The number of rotatable bonds is 3. The molecule has 0 aliphatic heterocycles. The number of hydrogen-bond acceptors (Lipinski definition) is 1. The lowest BCUT2D eigenvalue weighted by molar-refractivity contribution is 0.827. The maximum absolute atomic E-state index is 5.40. The molecule has 7 heavy (non-hydrogen) atoms. The maximum atomic E-state index is 5.40. The van der Waals surface area contributed by atoms with E-state index in [1.165, 1.54) is 6.42 Å². The summed E-state index contributed by atoms with van der Waals surface area (Å²) in [6.45, 7) is 3.04. The molecule has 3 heteroatoms. The van der Waals surface area contributed by atoms with Gasteiger partial charge in [-0.2, -0.15) is 0 Å². The average molecular weight is 231 g/mol. The third kappa shape index (κ3) is 3.68. The molecule has 2 unspecified atom stereocenters. The highest BCUT2D eigenvalue weighted by Crippen LogP contribution is 2.28. The van der Waals surface area contributed by atoms with E-state index in [0.717, 1.165) is 18.4 Å². The fourth-order valence-electron chi connectivity index (χ4n) is 0.288. The Morgan fingerprint density at radius 1 is 1.86 bits per heavy atom. The van der Waals surface area contributed by atoms with E-state index >= 15 is 0 Å². The van der Waals surface area contributed by atoms with Crippen LogP contribution in [0.4, 0.5) is 0 Å².